The Morgan fingerprint density at radius 3 is 2.56 bits per heavy atom. The van der Waals surface area contributed by atoms with Crippen molar-refractivity contribution < 1.29 is 19.1 Å². The number of rotatable bonds is 7. The molecule has 0 aliphatic heterocycles. The van der Waals surface area contributed by atoms with Crippen LogP contribution in [0.5, 0.6) is 5.75 Å². The van der Waals surface area contributed by atoms with Gasteiger partial charge in [0.15, 0.2) is 0 Å². The van der Waals surface area contributed by atoms with E-state index in [1.807, 2.05) is 24.3 Å². The number of hydrogen-bond acceptors (Lipinski definition) is 6. The second-order valence-electron chi connectivity index (χ2n) is 5.91. The molecule has 1 aromatic heterocycles. The number of esters is 1. The number of carbonyl (C=O) groups is 2. The van der Waals surface area contributed by atoms with Crippen LogP contribution in [0.25, 0.3) is 11.0 Å². The zero-order valence-electron chi connectivity index (χ0n) is 15.1. The SMILES string of the molecule is COC(=O)C[C@H](NC(=O)Cn1nnc2ccccc21)c1ccc(OC)cc1. The highest BCUT2D eigenvalue weighted by molar-refractivity contribution is 5.80. The van der Waals surface area contributed by atoms with Gasteiger partial charge in [0.25, 0.3) is 0 Å². The molecule has 0 unspecified atom stereocenters. The fraction of sp³-hybridized carbons (Fsp3) is 0.263. The Morgan fingerprint density at radius 1 is 1.11 bits per heavy atom. The number of amides is 1. The van der Waals surface area contributed by atoms with Crippen LogP contribution in [0.2, 0.25) is 0 Å². The van der Waals surface area contributed by atoms with E-state index < -0.39 is 12.0 Å². The molecular weight excluding hydrogens is 348 g/mol. The fourth-order valence-electron chi connectivity index (χ4n) is 2.75. The third-order valence-electron chi connectivity index (χ3n) is 4.17. The van der Waals surface area contributed by atoms with Gasteiger partial charge in [-0.2, -0.15) is 0 Å². The minimum atomic E-state index is -0.523. The molecule has 0 aliphatic rings. The van der Waals surface area contributed by atoms with Gasteiger partial charge in [-0.1, -0.05) is 29.5 Å². The molecule has 3 rings (SSSR count). The lowest BCUT2D eigenvalue weighted by Gasteiger charge is -2.18. The summed E-state index contributed by atoms with van der Waals surface area (Å²) in [6, 6.07) is 14.0. The molecule has 8 nitrogen and oxygen atoms in total. The van der Waals surface area contributed by atoms with Crippen molar-refractivity contribution in [1.29, 1.82) is 0 Å². The molecule has 0 bridgehead atoms. The maximum Gasteiger partial charge on any atom is 0.307 e. The summed E-state index contributed by atoms with van der Waals surface area (Å²) >= 11 is 0. The van der Waals surface area contributed by atoms with Gasteiger partial charge in [0.05, 0.1) is 32.2 Å². The molecule has 0 spiro atoms. The smallest absolute Gasteiger partial charge is 0.307 e. The number of fused-ring (bicyclic) bond motifs is 1. The van der Waals surface area contributed by atoms with Crippen molar-refractivity contribution in [3.63, 3.8) is 0 Å². The quantitative estimate of drug-likeness (QED) is 0.640. The highest BCUT2D eigenvalue weighted by Crippen LogP contribution is 2.21. The van der Waals surface area contributed by atoms with Crippen LogP contribution in [0.1, 0.15) is 18.0 Å². The van der Waals surface area contributed by atoms with Gasteiger partial charge in [-0.25, -0.2) is 4.68 Å². The molecule has 0 saturated carbocycles. The number of nitrogens with one attached hydrogen (secondary N) is 1. The normalized spacial score (nSPS) is 11.8. The minimum absolute atomic E-state index is 0.00561. The first-order chi connectivity index (χ1) is 13.1. The van der Waals surface area contributed by atoms with Gasteiger partial charge in [-0.3, -0.25) is 9.59 Å². The van der Waals surface area contributed by atoms with E-state index in [0.717, 1.165) is 11.1 Å². The van der Waals surface area contributed by atoms with Crippen LogP contribution in [0.3, 0.4) is 0 Å². The molecule has 0 radical (unpaired) electrons. The van der Waals surface area contributed by atoms with Gasteiger partial charge in [-0.15, -0.1) is 5.10 Å². The maximum absolute atomic E-state index is 12.6. The lowest BCUT2D eigenvalue weighted by molar-refractivity contribution is -0.141. The van der Waals surface area contributed by atoms with Crippen LogP contribution >= 0.6 is 0 Å². The number of aromatic nitrogens is 3. The first-order valence-corrected chi connectivity index (χ1v) is 8.39. The van der Waals surface area contributed by atoms with E-state index in [2.05, 4.69) is 15.6 Å². The largest absolute Gasteiger partial charge is 0.497 e. The average molecular weight is 368 g/mol. The molecule has 2 aromatic carbocycles. The van der Waals surface area contributed by atoms with E-state index in [1.165, 1.54) is 11.8 Å². The van der Waals surface area contributed by atoms with Crippen LogP contribution in [-0.2, 0) is 20.9 Å². The highest BCUT2D eigenvalue weighted by Gasteiger charge is 2.20. The monoisotopic (exact) mass is 368 g/mol. The fourth-order valence-corrected chi connectivity index (χ4v) is 2.75. The molecule has 8 heteroatoms. The Balaban J connectivity index is 1.75. The first kappa shape index (κ1) is 18.4. The van der Waals surface area contributed by atoms with Crippen LogP contribution in [0.4, 0.5) is 0 Å². The van der Waals surface area contributed by atoms with E-state index in [-0.39, 0.29) is 18.9 Å². The molecule has 140 valence electrons. The molecule has 1 amide bonds. The summed E-state index contributed by atoms with van der Waals surface area (Å²) in [6.07, 6.45) is 0.0205. The second-order valence-corrected chi connectivity index (χ2v) is 5.91. The zero-order chi connectivity index (χ0) is 19.2. The molecule has 0 fully saturated rings. The van der Waals surface area contributed by atoms with Gasteiger partial charge in [0.2, 0.25) is 5.91 Å². The predicted octanol–water partition coefficient (Wildman–Crippen LogP) is 1.86. The minimum Gasteiger partial charge on any atom is -0.497 e. The summed E-state index contributed by atoms with van der Waals surface area (Å²) < 4.78 is 11.4. The molecular formula is C19H20N4O4. The van der Waals surface area contributed by atoms with E-state index in [4.69, 9.17) is 9.47 Å². The second kappa shape index (κ2) is 8.31. The number of carbonyl (C=O) groups excluding carboxylic acids is 2. The van der Waals surface area contributed by atoms with E-state index >= 15 is 0 Å². The number of hydrogen-bond donors (Lipinski definition) is 1. The third kappa shape index (κ3) is 4.41. The van der Waals surface area contributed by atoms with Gasteiger partial charge in [0.1, 0.15) is 17.8 Å². The van der Waals surface area contributed by atoms with Gasteiger partial charge >= 0.3 is 5.97 Å². The van der Waals surface area contributed by atoms with Crippen LogP contribution < -0.4 is 10.1 Å². The molecule has 27 heavy (non-hydrogen) atoms. The Labute approximate surface area is 156 Å². The number of para-hydroxylation sites is 1. The molecule has 0 aliphatic carbocycles. The van der Waals surface area contributed by atoms with E-state index in [9.17, 15) is 9.59 Å². The molecule has 1 atom stereocenters. The lowest BCUT2D eigenvalue weighted by atomic mass is 10.0. The number of ether oxygens (including phenoxy) is 2. The van der Waals surface area contributed by atoms with Crippen molar-refractivity contribution in [2.24, 2.45) is 0 Å². The number of methoxy groups -OCH3 is 2. The van der Waals surface area contributed by atoms with Crippen molar-refractivity contribution in [3.8, 4) is 5.75 Å². The Hall–Kier alpha value is -3.42. The summed E-state index contributed by atoms with van der Waals surface area (Å²) in [7, 11) is 2.89. The number of nitrogens with zero attached hydrogens (tertiary/aromatic N) is 3. The molecule has 1 heterocycles. The van der Waals surface area contributed by atoms with Crippen molar-refractivity contribution in [3.05, 3.63) is 54.1 Å². The molecule has 0 saturated heterocycles. The zero-order valence-corrected chi connectivity index (χ0v) is 15.1. The predicted molar refractivity (Wildman–Crippen MR) is 98.0 cm³/mol. The summed E-state index contributed by atoms with van der Waals surface area (Å²) in [5, 5.41) is 10.9. The first-order valence-electron chi connectivity index (χ1n) is 8.39. The van der Waals surface area contributed by atoms with Gasteiger partial charge in [0, 0.05) is 0 Å². The van der Waals surface area contributed by atoms with Crippen molar-refractivity contribution in [1.82, 2.24) is 20.3 Å². The van der Waals surface area contributed by atoms with Gasteiger partial charge < -0.3 is 14.8 Å². The van der Waals surface area contributed by atoms with E-state index in [1.54, 1.807) is 31.4 Å². The Bertz CT molecular complexity index is 936. The van der Waals surface area contributed by atoms with Crippen LogP contribution in [0.15, 0.2) is 48.5 Å². The summed E-state index contributed by atoms with van der Waals surface area (Å²) in [4.78, 5) is 24.3. The van der Waals surface area contributed by atoms with E-state index in [0.29, 0.717) is 11.3 Å². The molecule has 1 N–H and O–H groups in total. The topological polar surface area (TPSA) is 95.3 Å². The molecule has 3 aromatic rings. The van der Waals surface area contributed by atoms with Crippen molar-refractivity contribution in [2.75, 3.05) is 14.2 Å². The maximum atomic E-state index is 12.6. The Morgan fingerprint density at radius 2 is 1.85 bits per heavy atom. The van der Waals surface area contributed by atoms with Crippen LogP contribution in [0, 0.1) is 0 Å². The summed E-state index contributed by atoms with van der Waals surface area (Å²) in [5.41, 5.74) is 2.26. The lowest BCUT2D eigenvalue weighted by Crippen LogP contribution is -2.33. The summed E-state index contributed by atoms with van der Waals surface area (Å²) in [5.74, 6) is -0.00585. The summed E-state index contributed by atoms with van der Waals surface area (Å²) in [6.45, 7) is -0.00561. The highest BCUT2D eigenvalue weighted by atomic mass is 16.5. The Kier molecular flexibility index (Phi) is 5.65. The van der Waals surface area contributed by atoms with Crippen molar-refractivity contribution >= 4 is 22.9 Å². The third-order valence-corrected chi connectivity index (χ3v) is 4.17. The average Bonchev–Trinajstić information content (AvgIpc) is 3.10. The standard InChI is InChI=1S/C19H20N4O4/c1-26-14-9-7-13(8-10-14)16(11-19(25)27-2)20-18(24)12-23-17-6-4-3-5-15(17)21-22-23/h3-10,16H,11-12H2,1-2H3,(H,20,24)/t16-/m0/s1. The van der Waals surface area contributed by atoms with Crippen molar-refractivity contribution in [2.45, 2.75) is 19.0 Å². The number of benzene rings is 2. The van der Waals surface area contributed by atoms with Gasteiger partial charge in [-0.05, 0) is 29.8 Å². The van der Waals surface area contributed by atoms with Crippen LogP contribution in [-0.4, -0.2) is 41.1 Å².